The zero-order valence-corrected chi connectivity index (χ0v) is 10.7. The van der Waals surface area contributed by atoms with Gasteiger partial charge in [0, 0.05) is 19.1 Å². The van der Waals surface area contributed by atoms with E-state index in [4.69, 9.17) is 5.73 Å². The maximum atomic E-state index is 11.7. The van der Waals surface area contributed by atoms with Crippen molar-refractivity contribution in [1.82, 2.24) is 4.31 Å². The van der Waals surface area contributed by atoms with E-state index in [-0.39, 0.29) is 6.04 Å². The lowest BCUT2D eigenvalue weighted by atomic mass is 9.71. The normalized spacial score (nSPS) is 37.0. The number of hydrogen-bond donors (Lipinski definition) is 1. The predicted octanol–water partition coefficient (Wildman–Crippen LogP) is 0.785. The second kappa shape index (κ2) is 4.63. The third-order valence-corrected chi connectivity index (χ3v) is 5.53. The highest BCUT2D eigenvalue weighted by Gasteiger charge is 2.41. The molecule has 0 aromatic rings. The zero-order valence-electron chi connectivity index (χ0n) is 9.93. The SMILES string of the molecule is CS(=O)(=O)N1CCC2CCCCC2C1CN. The van der Waals surface area contributed by atoms with E-state index in [0.29, 0.717) is 24.9 Å². The minimum atomic E-state index is -3.08. The molecular formula is C11H22N2O2S. The Morgan fingerprint density at radius 1 is 1.25 bits per heavy atom. The van der Waals surface area contributed by atoms with E-state index in [1.54, 1.807) is 4.31 Å². The van der Waals surface area contributed by atoms with E-state index in [2.05, 4.69) is 0 Å². The Hall–Kier alpha value is -0.130. The van der Waals surface area contributed by atoms with E-state index in [0.717, 1.165) is 12.8 Å². The van der Waals surface area contributed by atoms with Gasteiger partial charge in [-0.25, -0.2) is 8.42 Å². The summed E-state index contributed by atoms with van der Waals surface area (Å²) in [6.45, 7) is 1.14. The summed E-state index contributed by atoms with van der Waals surface area (Å²) in [5.41, 5.74) is 5.79. The molecule has 0 amide bonds. The lowest BCUT2D eigenvalue weighted by molar-refractivity contribution is 0.0801. The van der Waals surface area contributed by atoms with Crippen molar-refractivity contribution >= 4 is 10.0 Å². The lowest BCUT2D eigenvalue weighted by Gasteiger charge is -2.46. The van der Waals surface area contributed by atoms with Crippen molar-refractivity contribution in [3.8, 4) is 0 Å². The molecule has 0 spiro atoms. The molecule has 2 aliphatic rings. The van der Waals surface area contributed by atoms with Crippen LogP contribution in [0.15, 0.2) is 0 Å². The highest BCUT2D eigenvalue weighted by molar-refractivity contribution is 7.88. The van der Waals surface area contributed by atoms with Crippen LogP contribution in [-0.2, 0) is 10.0 Å². The molecule has 2 fully saturated rings. The van der Waals surface area contributed by atoms with Gasteiger partial charge in [0.15, 0.2) is 0 Å². The van der Waals surface area contributed by atoms with Crippen LogP contribution < -0.4 is 5.73 Å². The standard InChI is InChI=1S/C11H22N2O2S/c1-16(14,15)13-7-6-9-4-2-3-5-10(9)11(13)8-12/h9-11H,2-8,12H2,1H3. The quantitative estimate of drug-likeness (QED) is 0.783. The van der Waals surface area contributed by atoms with Crippen LogP contribution in [0, 0.1) is 11.8 Å². The van der Waals surface area contributed by atoms with Crippen LogP contribution in [-0.4, -0.2) is 38.1 Å². The van der Waals surface area contributed by atoms with Crippen LogP contribution in [0.1, 0.15) is 32.1 Å². The first kappa shape index (κ1) is 12.3. The summed E-state index contributed by atoms with van der Waals surface area (Å²) in [4.78, 5) is 0. The average Bonchev–Trinajstić information content (AvgIpc) is 2.26. The largest absolute Gasteiger partial charge is 0.329 e. The Balaban J connectivity index is 2.19. The molecule has 5 heteroatoms. The van der Waals surface area contributed by atoms with Gasteiger partial charge in [-0.15, -0.1) is 0 Å². The Labute approximate surface area is 98.2 Å². The molecule has 0 radical (unpaired) electrons. The second-order valence-electron chi connectivity index (χ2n) is 5.17. The Morgan fingerprint density at radius 3 is 2.56 bits per heavy atom. The second-order valence-corrected chi connectivity index (χ2v) is 7.11. The lowest BCUT2D eigenvalue weighted by Crippen LogP contribution is -2.55. The van der Waals surface area contributed by atoms with E-state index in [1.165, 1.54) is 25.5 Å². The molecule has 0 aromatic carbocycles. The molecule has 0 aromatic heterocycles. The molecule has 3 unspecified atom stereocenters. The van der Waals surface area contributed by atoms with Gasteiger partial charge in [-0.2, -0.15) is 4.31 Å². The van der Waals surface area contributed by atoms with Gasteiger partial charge in [-0.1, -0.05) is 19.3 Å². The van der Waals surface area contributed by atoms with Gasteiger partial charge in [0.1, 0.15) is 0 Å². The molecule has 16 heavy (non-hydrogen) atoms. The maximum absolute atomic E-state index is 11.7. The van der Waals surface area contributed by atoms with Gasteiger partial charge >= 0.3 is 0 Å². The van der Waals surface area contributed by atoms with Gasteiger partial charge in [0.05, 0.1) is 6.26 Å². The van der Waals surface area contributed by atoms with Crippen molar-refractivity contribution in [3.63, 3.8) is 0 Å². The maximum Gasteiger partial charge on any atom is 0.211 e. The summed E-state index contributed by atoms with van der Waals surface area (Å²) in [7, 11) is -3.08. The van der Waals surface area contributed by atoms with Crippen LogP contribution >= 0.6 is 0 Å². The number of nitrogens with zero attached hydrogens (tertiary/aromatic N) is 1. The Kier molecular flexibility index (Phi) is 3.56. The molecule has 1 aliphatic carbocycles. The smallest absolute Gasteiger partial charge is 0.211 e. The van der Waals surface area contributed by atoms with E-state index < -0.39 is 10.0 Å². The van der Waals surface area contributed by atoms with E-state index in [9.17, 15) is 8.42 Å². The first-order valence-corrected chi connectivity index (χ1v) is 8.05. The number of piperidine rings is 1. The van der Waals surface area contributed by atoms with Gasteiger partial charge in [0.2, 0.25) is 10.0 Å². The monoisotopic (exact) mass is 246 g/mol. The van der Waals surface area contributed by atoms with Crippen LogP contribution in [0.25, 0.3) is 0 Å². The minimum Gasteiger partial charge on any atom is -0.329 e. The summed E-state index contributed by atoms with van der Waals surface area (Å²) in [5, 5.41) is 0. The number of hydrogen-bond acceptors (Lipinski definition) is 3. The van der Waals surface area contributed by atoms with Crippen LogP contribution in [0.2, 0.25) is 0 Å². The van der Waals surface area contributed by atoms with Crippen molar-refractivity contribution in [1.29, 1.82) is 0 Å². The van der Waals surface area contributed by atoms with Crippen LogP contribution in [0.3, 0.4) is 0 Å². The van der Waals surface area contributed by atoms with Crippen LogP contribution in [0.4, 0.5) is 0 Å². The molecule has 1 saturated carbocycles. The van der Waals surface area contributed by atoms with Crippen molar-refractivity contribution in [2.24, 2.45) is 17.6 Å². The van der Waals surface area contributed by atoms with Gasteiger partial charge < -0.3 is 5.73 Å². The highest BCUT2D eigenvalue weighted by Crippen LogP contribution is 2.40. The average molecular weight is 246 g/mol. The van der Waals surface area contributed by atoms with E-state index >= 15 is 0 Å². The molecule has 3 atom stereocenters. The number of rotatable bonds is 2. The number of nitrogens with two attached hydrogens (primary N) is 1. The molecule has 0 bridgehead atoms. The first-order valence-electron chi connectivity index (χ1n) is 6.21. The predicted molar refractivity (Wildman–Crippen MR) is 64.5 cm³/mol. The fourth-order valence-corrected chi connectivity index (χ4v) is 4.65. The van der Waals surface area contributed by atoms with Gasteiger partial charge in [-0.3, -0.25) is 0 Å². The molecule has 1 aliphatic heterocycles. The van der Waals surface area contributed by atoms with Crippen molar-refractivity contribution < 1.29 is 8.42 Å². The Bertz CT molecular complexity index is 342. The summed E-state index contributed by atoms with van der Waals surface area (Å²) < 4.78 is 25.0. The summed E-state index contributed by atoms with van der Waals surface area (Å²) in [5.74, 6) is 1.21. The zero-order chi connectivity index (χ0) is 11.8. The molecule has 4 nitrogen and oxygen atoms in total. The number of fused-ring (bicyclic) bond motifs is 1. The summed E-state index contributed by atoms with van der Waals surface area (Å²) in [6.07, 6.45) is 7.27. The third-order valence-electron chi connectivity index (χ3n) is 4.22. The molecular weight excluding hydrogens is 224 g/mol. The third kappa shape index (κ3) is 2.26. The molecule has 94 valence electrons. The van der Waals surface area contributed by atoms with Gasteiger partial charge in [-0.05, 0) is 24.7 Å². The van der Waals surface area contributed by atoms with Gasteiger partial charge in [0.25, 0.3) is 0 Å². The molecule has 2 rings (SSSR count). The minimum absolute atomic E-state index is 0.0500. The van der Waals surface area contributed by atoms with Crippen molar-refractivity contribution in [3.05, 3.63) is 0 Å². The highest BCUT2D eigenvalue weighted by atomic mass is 32.2. The topological polar surface area (TPSA) is 63.4 Å². The fourth-order valence-electron chi connectivity index (χ4n) is 3.48. The molecule has 1 heterocycles. The summed E-state index contributed by atoms with van der Waals surface area (Å²) in [6, 6.07) is 0.0500. The Morgan fingerprint density at radius 2 is 1.94 bits per heavy atom. The first-order chi connectivity index (χ1) is 7.54. The summed E-state index contributed by atoms with van der Waals surface area (Å²) >= 11 is 0. The fraction of sp³-hybridized carbons (Fsp3) is 1.00. The number of sulfonamides is 1. The molecule has 2 N–H and O–H groups in total. The van der Waals surface area contributed by atoms with E-state index in [1.807, 2.05) is 0 Å². The van der Waals surface area contributed by atoms with Crippen molar-refractivity contribution in [2.45, 2.75) is 38.1 Å². The van der Waals surface area contributed by atoms with Crippen molar-refractivity contribution in [2.75, 3.05) is 19.3 Å². The molecule has 1 saturated heterocycles. The van der Waals surface area contributed by atoms with Crippen LogP contribution in [0.5, 0.6) is 0 Å².